The van der Waals surface area contributed by atoms with E-state index in [0.29, 0.717) is 11.4 Å². The zero-order valence-electron chi connectivity index (χ0n) is 17.1. The van der Waals surface area contributed by atoms with Gasteiger partial charge in [0.1, 0.15) is 6.54 Å². The van der Waals surface area contributed by atoms with Gasteiger partial charge in [0.05, 0.1) is 29.1 Å². The molecular formula is C20H21N7O3. The topological polar surface area (TPSA) is 109 Å². The number of carbonyl (C=O) groups excluding carboxylic acids is 1. The highest BCUT2D eigenvalue weighted by Crippen LogP contribution is 2.22. The van der Waals surface area contributed by atoms with E-state index in [9.17, 15) is 14.4 Å². The van der Waals surface area contributed by atoms with Gasteiger partial charge in [0.25, 0.3) is 5.56 Å². The number of carbonyl (C=O) groups is 1. The number of aryl methyl sites for hydroxylation is 2. The average Bonchev–Trinajstić information content (AvgIpc) is 3.27. The van der Waals surface area contributed by atoms with Crippen molar-refractivity contribution in [2.24, 2.45) is 14.1 Å². The maximum Gasteiger partial charge on any atom is 0.332 e. The van der Waals surface area contributed by atoms with Crippen LogP contribution in [0.15, 0.2) is 46.2 Å². The summed E-state index contributed by atoms with van der Waals surface area (Å²) in [5.74, 6) is -0.330. The van der Waals surface area contributed by atoms with E-state index >= 15 is 0 Å². The van der Waals surface area contributed by atoms with Gasteiger partial charge in [0, 0.05) is 14.1 Å². The number of rotatable bonds is 4. The fraction of sp³-hybridized carbons (Fsp3) is 0.250. The fourth-order valence-corrected chi connectivity index (χ4v) is 3.49. The minimum Gasteiger partial charge on any atom is -0.321 e. The first-order valence-corrected chi connectivity index (χ1v) is 9.32. The van der Waals surface area contributed by atoms with Gasteiger partial charge in [-0.25, -0.2) is 14.5 Å². The van der Waals surface area contributed by atoms with Gasteiger partial charge in [-0.2, -0.15) is 5.10 Å². The molecule has 154 valence electrons. The standard InChI is InChI=1S/C20H21N7O3/c1-12-16(13(2)27(23-12)14-8-6-5-7-9-14)22-15(28)10-26-11-21-18-17(26)19(29)25(4)20(30)24(18)3/h5-9,11H,10H2,1-4H3,(H,22,28). The molecule has 0 unspecified atom stereocenters. The van der Waals surface area contributed by atoms with Crippen LogP contribution in [0.25, 0.3) is 16.9 Å². The molecule has 0 saturated heterocycles. The third-order valence-electron chi connectivity index (χ3n) is 5.09. The molecule has 0 aliphatic carbocycles. The summed E-state index contributed by atoms with van der Waals surface area (Å²) >= 11 is 0. The van der Waals surface area contributed by atoms with Crippen LogP contribution < -0.4 is 16.6 Å². The van der Waals surface area contributed by atoms with Gasteiger partial charge in [0.15, 0.2) is 11.2 Å². The Balaban J connectivity index is 1.65. The zero-order chi connectivity index (χ0) is 21.6. The van der Waals surface area contributed by atoms with Crippen LogP contribution in [0.4, 0.5) is 5.69 Å². The summed E-state index contributed by atoms with van der Waals surface area (Å²) in [4.78, 5) is 41.5. The molecule has 0 saturated carbocycles. The molecule has 4 rings (SSSR count). The van der Waals surface area contributed by atoms with Crippen LogP contribution in [0.1, 0.15) is 11.4 Å². The normalized spacial score (nSPS) is 11.2. The van der Waals surface area contributed by atoms with Crippen molar-refractivity contribution >= 4 is 22.8 Å². The number of amides is 1. The van der Waals surface area contributed by atoms with Gasteiger partial charge in [-0.3, -0.25) is 18.7 Å². The van der Waals surface area contributed by atoms with Crippen molar-refractivity contribution in [2.75, 3.05) is 5.32 Å². The molecule has 3 heterocycles. The highest BCUT2D eigenvalue weighted by atomic mass is 16.2. The highest BCUT2D eigenvalue weighted by molar-refractivity contribution is 5.92. The molecule has 0 aliphatic rings. The van der Waals surface area contributed by atoms with E-state index in [4.69, 9.17) is 0 Å². The number of hydrogen-bond donors (Lipinski definition) is 1. The third kappa shape index (κ3) is 3.02. The second-order valence-electron chi connectivity index (χ2n) is 7.09. The molecule has 0 radical (unpaired) electrons. The first kappa shape index (κ1) is 19.4. The molecule has 1 N–H and O–H groups in total. The van der Waals surface area contributed by atoms with Crippen LogP contribution in [0.3, 0.4) is 0 Å². The largest absolute Gasteiger partial charge is 0.332 e. The lowest BCUT2D eigenvalue weighted by atomic mass is 10.3. The number of anilines is 1. The van der Waals surface area contributed by atoms with Crippen LogP contribution >= 0.6 is 0 Å². The molecule has 3 aromatic heterocycles. The Morgan fingerprint density at radius 2 is 1.77 bits per heavy atom. The minimum absolute atomic E-state index is 0.126. The summed E-state index contributed by atoms with van der Waals surface area (Å²) in [6, 6.07) is 9.63. The summed E-state index contributed by atoms with van der Waals surface area (Å²) in [6.45, 7) is 3.57. The smallest absolute Gasteiger partial charge is 0.321 e. The van der Waals surface area contributed by atoms with E-state index in [-0.39, 0.29) is 23.6 Å². The fourth-order valence-electron chi connectivity index (χ4n) is 3.49. The van der Waals surface area contributed by atoms with Crippen molar-refractivity contribution in [3.8, 4) is 5.69 Å². The number of fused-ring (bicyclic) bond motifs is 1. The van der Waals surface area contributed by atoms with Gasteiger partial charge in [0.2, 0.25) is 5.91 Å². The van der Waals surface area contributed by atoms with E-state index in [1.807, 2.05) is 44.2 Å². The second-order valence-corrected chi connectivity index (χ2v) is 7.09. The Bertz CT molecular complexity index is 1390. The predicted molar refractivity (Wildman–Crippen MR) is 112 cm³/mol. The first-order valence-electron chi connectivity index (χ1n) is 9.32. The monoisotopic (exact) mass is 407 g/mol. The number of para-hydroxylation sites is 1. The Labute approximate surface area is 171 Å². The lowest BCUT2D eigenvalue weighted by Gasteiger charge is -2.09. The third-order valence-corrected chi connectivity index (χ3v) is 5.09. The molecular weight excluding hydrogens is 386 g/mol. The van der Waals surface area contributed by atoms with E-state index in [1.54, 1.807) is 4.68 Å². The van der Waals surface area contributed by atoms with E-state index < -0.39 is 11.2 Å². The van der Waals surface area contributed by atoms with E-state index in [0.717, 1.165) is 15.9 Å². The van der Waals surface area contributed by atoms with Crippen molar-refractivity contribution in [1.82, 2.24) is 28.5 Å². The lowest BCUT2D eigenvalue weighted by molar-refractivity contribution is -0.116. The zero-order valence-corrected chi connectivity index (χ0v) is 17.1. The van der Waals surface area contributed by atoms with Crippen molar-refractivity contribution in [2.45, 2.75) is 20.4 Å². The molecule has 10 nitrogen and oxygen atoms in total. The first-order chi connectivity index (χ1) is 14.3. The average molecular weight is 407 g/mol. The Morgan fingerprint density at radius 3 is 2.47 bits per heavy atom. The van der Waals surface area contributed by atoms with Gasteiger partial charge in [-0.1, -0.05) is 18.2 Å². The predicted octanol–water partition coefficient (Wildman–Crippen LogP) is 0.875. The van der Waals surface area contributed by atoms with Crippen LogP contribution in [-0.4, -0.2) is 34.4 Å². The van der Waals surface area contributed by atoms with Crippen molar-refractivity contribution < 1.29 is 4.79 Å². The van der Waals surface area contributed by atoms with Crippen LogP contribution in [0.5, 0.6) is 0 Å². The minimum atomic E-state index is -0.498. The number of benzene rings is 1. The summed E-state index contributed by atoms with van der Waals surface area (Å²) in [7, 11) is 2.93. The Morgan fingerprint density at radius 1 is 1.07 bits per heavy atom. The van der Waals surface area contributed by atoms with Gasteiger partial charge >= 0.3 is 5.69 Å². The van der Waals surface area contributed by atoms with Crippen molar-refractivity contribution in [1.29, 1.82) is 0 Å². The molecule has 0 atom stereocenters. The number of nitrogens with zero attached hydrogens (tertiary/aromatic N) is 6. The second kappa shape index (κ2) is 7.14. The van der Waals surface area contributed by atoms with E-state index in [2.05, 4.69) is 15.4 Å². The van der Waals surface area contributed by atoms with Crippen molar-refractivity contribution in [3.63, 3.8) is 0 Å². The van der Waals surface area contributed by atoms with Crippen molar-refractivity contribution in [3.05, 3.63) is 68.9 Å². The van der Waals surface area contributed by atoms with Crippen LogP contribution in [-0.2, 0) is 25.4 Å². The molecule has 4 aromatic rings. The molecule has 0 fully saturated rings. The summed E-state index contributed by atoms with van der Waals surface area (Å²) in [5, 5.41) is 7.40. The molecule has 1 amide bonds. The summed E-state index contributed by atoms with van der Waals surface area (Å²) < 4.78 is 5.49. The number of nitrogens with one attached hydrogen (secondary N) is 1. The molecule has 0 spiro atoms. The van der Waals surface area contributed by atoms with E-state index in [1.165, 1.54) is 29.6 Å². The van der Waals surface area contributed by atoms with Gasteiger partial charge in [-0.15, -0.1) is 0 Å². The molecule has 0 aliphatic heterocycles. The molecule has 10 heteroatoms. The Hall–Kier alpha value is -3.95. The molecule has 0 bridgehead atoms. The highest BCUT2D eigenvalue weighted by Gasteiger charge is 2.18. The summed E-state index contributed by atoms with van der Waals surface area (Å²) in [6.07, 6.45) is 1.39. The number of hydrogen-bond acceptors (Lipinski definition) is 5. The maximum atomic E-state index is 12.7. The quantitative estimate of drug-likeness (QED) is 0.540. The summed E-state index contributed by atoms with van der Waals surface area (Å²) in [5.41, 5.74) is 2.45. The lowest BCUT2D eigenvalue weighted by Crippen LogP contribution is -2.37. The maximum absolute atomic E-state index is 12.7. The SMILES string of the molecule is Cc1nn(-c2ccccc2)c(C)c1NC(=O)Cn1cnc2c1c(=O)n(C)c(=O)n2C. The van der Waals surface area contributed by atoms with Gasteiger partial charge < -0.3 is 9.88 Å². The number of imidazole rings is 1. The van der Waals surface area contributed by atoms with Crippen LogP contribution in [0.2, 0.25) is 0 Å². The van der Waals surface area contributed by atoms with Crippen LogP contribution in [0, 0.1) is 13.8 Å². The van der Waals surface area contributed by atoms with Gasteiger partial charge in [-0.05, 0) is 26.0 Å². The molecule has 30 heavy (non-hydrogen) atoms. The molecule has 1 aromatic carbocycles. The Kier molecular flexibility index (Phi) is 4.61. The number of aromatic nitrogens is 6.